The Morgan fingerprint density at radius 2 is 1.60 bits per heavy atom. The van der Waals surface area contributed by atoms with Gasteiger partial charge in [-0.1, -0.05) is 31.9 Å². The molecular formula is C24H30N2O4. The molecule has 1 heterocycles. The van der Waals surface area contributed by atoms with E-state index in [0.717, 1.165) is 44.5 Å². The molecule has 160 valence electrons. The van der Waals surface area contributed by atoms with Crippen molar-refractivity contribution in [2.75, 3.05) is 25.5 Å². The van der Waals surface area contributed by atoms with Gasteiger partial charge >= 0.3 is 0 Å². The van der Waals surface area contributed by atoms with Gasteiger partial charge in [0.1, 0.15) is 11.5 Å². The fourth-order valence-electron chi connectivity index (χ4n) is 3.58. The number of carbonyl (C=O) groups excluding carboxylic acids is 2. The lowest BCUT2D eigenvalue weighted by molar-refractivity contribution is -0.122. The second kappa shape index (κ2) is 10.7. The van der Waals surface area contributed by atoms with E-state index in [1.807, 2.05) is 24.0 Å². The number of para-hydroxylation sites is 1. The molecule has 1 saturated heterocycles. The van der Waals surface area contributed by atoms with Crippen LogP contribution >= 0.6 is 0 Å². The lowest BCUT2D eigenvalue weighted by atomic mass is 10.1. The Kier molecular flexibility index (Phi) is 7.71. The number of nitrogens with one attached hydrogen (secondary N) is 1. The summed E-state index contributed by atoms with van der Waals surface area (Å²) in [7, 11) is 1.60. The van der Waals surface area contributed by atoms with Crippen LogP contribution < -0.4 is 14.8 Å². The summed E-state index contributed by atoms with van der Waals surface area (Å²) in [4.78, 5) is 27.9. The van der Waals surface area contributed by atoms with Crippen molar-refractivity contribution in [1.82, 2.24) is 4.90 Å². The largest absolute Gasteiger partial charge is 0.497 e. The van der Waals surface area contributed by atoms with Gasteiger partial charge in [-0.05, 0) is 55.7 Å². The van der Waals surface area contributed by atoms with Gasteiger partial charge in [-0.25, -0.2) is 0 Å². The van der Waals surface area contributed by atoms with Gasteiger partial charge in [-0.15, -0.1) is 0 Å². The topological polar surface area (TPSA) is 67.9 Å². The van der Waals surface area contributed by atoms with Crippen molar-refractivity contribution in [3.63, 3.8) is 0 Å². The van der Waals surface area contributed by atoms with Crippen molar-refractivity contribution in [2.45, 2.75) is 45.1 Å². The van der Waals surface area contributed by atoms with E-state index in [1.165, 1.54) is 0 Å². The van der Waals surface area contributed by atoms with Crippen LogP contribution in [0.5, 0.6) is 11.5 Å². The minimum atomic E-state index is -0.667. The van der Waals surface area contributed by atoms with Crippen molar-refractivity contribution in [3.05, 3.63) is 54.1 Å². The first kappa shape index (κ1) is 21.7. The maximum absolute atomic E-state index is 13.1. The molecule has 0 saturated carbocycles. The maximum atomic E-state index is 13.1. The minimum absolute atomic E-state index is 0.0306. The summed E-state index contributed by atoms with van der Waals surface area (Å²) in [6.07, 6.45) is 4.19. The molecule has 3 rings (SSSR count). The number of rotatable bonds is 7. The second-order valence-corrected chi connectivity index (χ2v) is 7.43. The van der Waals surface area contributed by atoms with Crippen LogP contribution in [0.3, 0.4) is 0 Å². The SMILES string of the molecule is CC[C@@H](Oc1ccc(OC)cc1)C(=O)Nc1ccccc1C(=O)N1CCCCCC1. The molecular weight excluding hydrogens is 380 g/mol. The zero-order valence-corrected chi connectivity index (χ0v) is 17.7. The van der Waals surface area contributed by atoms with Crippen molar-refractivity contribution in [1.29, 1.82) is 0 Å². The van der Waals surface area contributed by atoms with E-state index in [2.05, 4.69) is 5.32 Å². The summed E-state index contributed by atoms with van der Waals surface area (Å²) >= 11 is 0. The molecule has 2 aromatic carbocycles. The Bertz CT molecular complexity index is 843. The van der Waals surface area contributed by atoms with E-state index in [1.54, 1.807) is 43.5 Å². The highest BCUT2D eigenvalue weighted by Crippen LogP contribution is 2.22. The van der Waals surface area contributed by atoms with E-state index < -0.39 is 6.10 Å². The van der Waals surface area contributed by atoms with E-state index in [-0.39, 0.29) is 11.8 Å². The number of methoxy groups -OCH3 is 1. The second-order valence-electron chi connectivity index (χ2n) is 7.43. The van der Waals surface area contributed by atoms with Gasteiger partial charge in [0.2, 0.25) is 0 Å². The van der Waals surface area contributed by atoms with Crippen molar-refractivity contribution in [3.8, 4) is 11.5 Å². The lowest BCUT2D eigenvalue weighted by Gasteiger charge is -2.23. The maximum Gasteiger partial charge on any atom is 0.265 e. The average Bonchev–Trinajstić information content (AvgIpc) is 3.07. The fourth-order valence-corrected chi connectivity index (χ4v) is 3.58. The number of likely N-dealkylation sites (tertiary alicyclic amines) is 1. The predicted octanol–water partition coefficient (Wildman–Crippen LogP) is 4.51. The molecule has 1 aliphatic rings. The molecule has 0 unspecified atom stereocenters. The Morgan fingerprint density at radius 3 is 2.23 bits per heavy atom. The van der Waals surface area contributed by atoms with Gasteiger partial charge in [0.25, 0.3) is 11.8 Å². The standard InChI is InChI=1S/C24H30N2O4/c1-3-22(30-19-14-12-18(29-2)13-15-19)23(27)25-21-11-7-6-10-20(21)24(28)26-16-8-4-5-9-17-26/h6-7,10-15,22H,3-5,8-9,16-17H2,1-2H3,(H,25,27)/t22-/m1/s1. The number of carbonyl (C=O) groups is 2. The van der Waals surface area contributed by atoms with Crippen molar-refractivity contribution < 1.29 is 19.1 Å². The molecule has 6 nitrogen and oxygen atoms in total. The first-order chi connectivity index (χ1) is 14.6. The summed E-state index contributed by atoms with van der Waals surface area (Å²) in [5, 5.41) is 2.90. The van der Waals surface area contributed by atoms with Gasteiger partial charge < -0.3 is 19.7 Å². The van der Waals surface area contributed by atoms with Crippen molar-refractivity contribution in [2.24, 2.45) is 0 Å². The summed E-state index contributed by atoms with van der Waals surface area (Å²) in [6, 6.07) is 14.3. The van der Waals surface area contributed by atoms with Crippen LogP contribution in [0.1, 0.15) is 49.4 Å². The molecule has 1 N–H and O–H groups in total. The van der Waals surface area contributed by atoms with Gasteiger partial charge in [0, 0.05) is 13.1 Å². The number of hydrogen-bond acceptors (Lipinski definition) is 4. The molecule has 30 heavy (non-hydrogen) atoms. The van der Waals surface area contributed by atoms with Crippen LogP contribution in [-0.2, 0) is 4.79 Å². The van der Waals surface area contributed by atoms with Gasteiger partial charge in [-0.3, -0.25) is 9.59 Å². The van der Waals surface area contributed by atoms with Crippen LogP contribution in [0.4, 0.5) is 5.69 Å². The summed E-state index contributed by atoms with van der Waals surface area (Å²) in [5.74, 6) is 1.01. The molecule has 0 spiro atoms. The number of ether oxygens (including phenoxy) is 2. The van der Waals surface area contributed by atoms with E-state index in [9.17, 15) is 9.59 Å². The van der Waals surface area contributed by atoms with Crippen LogP contribution in [0.15, 0.2) is 48.5 Å². The molecule has 1 fully saturated rings. The first-order valence-corrected chi connectivity index (χ1v) is 10.6. The molecule has 0 aromatic heterocycles. The Labute approximate surface area is 178 Å². The van der Waals surface area contributed by atoms with Crippen LogP contribution in [0, 0.1) is 0 Å². The number of benzene rings is 2. The first-order valence-electron chi connectivity index (χ1n) is 10.6. The smallest absolute Gasteiger partial charge is 0.265 e. The Balaban J connectivity index is 1.71. The Hall–Kier alpha value is -3.02. The zero-order valence-electron chi connectivity index (χ0n) is 17.7. The van der Waals surface area contributed by atoms with Crippen LogP contribution in [0.2, 0.25) is 0 Å². The highest BCUT2D eigenvalue weighted by molar-refractivity contribution is 6.04. The van der Waals surface area contributed by atoms with E-state index in [0.29, 0.717) is 23.4 Å². The predicted molar refractivity (Wildman–Crippen MR) is 117 cm³/mol. The summed E-state index contributed by atoms with van der Waals surface area (Å²) in [6.45, 7) is 3.42. The van der Waals surface area contributed by atoms with Crippen molar-refractivity contribution >= 4 is 17.5 Å². The monoisotopic (exact) mass is 410 g/mol. The fraction of sp³-hybridized carbons (Fsp3) is 0.417. The number of nitrogens with zero attached hydrogens (tertiary/aromatic N) is 1. The van der Waals surface area contributed by atoms with E-state index in [4.69, 9.17) is 9.47 Å². The van der Waals surface area contributed by atoms with Gasteiger partial charge in [-0.2, -0.15) is 0 Å². The number of amides is 2. The quantitative estimate of drug-likeness (QED) is 0.729. The molecule has 0 radical (unpaired) electrons. The molecule has 2 aromatic rings. The molecule has 6 heteroatoms. The normalized spacial score (nSPS) is 15.1. The molecule has 0 aliphatic carbocycles. The Morgan fingerprint density at radius 1 is 0.967 bits per heavy atom. The third-order valence-electron chi connectivity index (χ3n) is 5.31. The number of hydrogen-bond donors (Lipinski definition) is 1. The molecule has 2 amide bonds. The third-order valence-corrected chi connectivity index (χ3v) is 5.31. The summed E-state index contributed by atoms with van der Waals surface area (Å²) < 4.78 is 11.0. The third kappa shape index (κ3) is 5.53. The average molecular weight is 411 g/mol. The number of anilines is 1. The van der Waals surface area contributed by atoms with Crippen LogP contribution in [0.25, 0.3) is 0 Å². The summed E-state index contributed by atoms with van der Waals surface area (Å²) in [5.41, 5.74) is 1.04. The highest BCUT2D eigenvalue weighted by atomic mass is 16.5. The molecule has 0 bridgehead atoms. The zero-order chi connectivity index (χ0) is 21.3. The highest BCUT2D eigenvalue weighted by Gasteiger charge is 2.23. The van der Waals surface area contributed by atoms with E-state index >= 15 is 0 Å². The van der Waals surface area contributed by atoms with Gasteiger partial charge in [0.05, 0.1) is 18.4 Å². The molecule has 1 aliphatic heterocycles. The lowest BCUT2D eigenvalue weighted by Crippen LogP contribution is -2.35. The van der Waals surface area contributed by atoms with Crippen LogP contribution in [-0.4, -0.2) is 43.0 Å². The minimum Gasteiger partial charge on any atom is -0.497 e. The van der Waals surface area contributed by atoms with Gasteiger partial charge in [0.15, 0.2) is 6.10 Å². The molecule has 1 atom stereocenters.